The van der Waals surface area contributed by atoms with Crippen LogP contribution in [0.1, 0.15) is 53.0 Å². The van der Waals surface area contributed by atoms with Crippen molar-refractivity contribution < 1.29 is 9.31 Å². The quantitative estimate of drug-likeness (QED) is 0.798. The Kier molecular flexibility index (Phi) is 3.37. The topological polar surface area (TPSA) is 39.5 Å². The summed E-state index contributed by atoms with van der Waals surface area (Å²) in [5, 5.41) is 0. The van der Waals surface area contributed by atoms with Crippen LogP contribution in [-0.2, 0) is 9.31 Å². The lowest BCUT2D eigenvalue weighted by Gasteiger charge is -2.32. The van der Waals surface area contributed by atoms with Gasteiger partial charge in [-0.25, -0.2) is 4.98 Å². The van der Waals surface area contributed by atoms with E-state index in [1.54, 1.807) is 0 Å². The molecule has 2 fully saturated rings. The number of imidazole rings is 1. The zero-order chi connectivity index (χ0) is 15.4. The van der Waals surface area contributed by atoms with Gasteiger partial charge in [0.05, 0.1) is 16.8 Å². The fraction of sp³-hybridized carbons (Fsp3) is 0.800. The molecule has 0 bridgehead atoms. The van der Waals surface area contributed by atoms with Gasteiger partial charge >= 0.3 is 7.12 Å². The molecular weight excluding hydrogens is 265 g/mol. The van der Waals surface area contributed by atoms with Crippen LogP contribution in [0.3, 0.4) is 0 Å². The SMILES string of the molecule is CN(C)c1nc(B2OC(C)(C)C(C)(C)O2)cn1C1CCC1. The van der Waals surface area contributed by atoms with Crippen LogP contribution >= 0.6 is 0 Å². The van der Waals surface area contributed by atoms with Crippen molar-refractivity contribution >= 4 is 18.7 Å². The van der Waals surface area contributed by atoms with Crippen molar-refractivity contribution in [3.05, 3.63) is 6.20 Å². The van der Waals surface area contributed by atoms with E-state index in [1.807, 2.05) is 14.1 Å². The molecule has 0 amide bonds. The summed E-state index contributed by atoms with van der Waals surface area (Å²) >= 11 is 0. The van der Waals surface area contributed by atoms with Gasteiger partial charge in [-0.05, 0) is 47.0 Å². The van der Waals surface area contributed by atoms with E-state index < -0.39 is 0 Å². The number of aromatic nitrogens is 2. The zero-order valence-corrected chi connectivity index (χ0v) is 14.0. The Labute approximate surface area is 127 Å². The summed E-state index contributed by atoms with van der Waals surface area (Å²) in [5.41, 5.74) is 0.232. The molecule has 2 aliphatic rings. The van der Waals surface area contributed by atoms with Gasteiger partial charge in [0.25, 0.3) is 0 Å². The van der Waals surface area contributed by atoms with Crippen molar-refractivity contribution in [1.29, 1.82) is 0 Å². The van der Waals surface area contributed by atoms with Crippen LogP contribution in [-0.4, -0.2) is 42.0 Å². The lowest BCUT2D eigenvalue weighted by atomic mass is 9.85. The number of anilines is 1. The van der Waals surface area contributed by atoms with Gasteiger partial charge in [-0.2, -0.15) is 0 Å². The minimum atomic E-state index is -0.380. The average molecular weight is 291 g/mol. The van der Waals surface area contributed by atoms with E-state index in [2.05, 4.69) is 43.4 Å². The Morgan fingerprint density at radius 1 is 1.19 bits per heavy atom. The molecule has 0 aromatic carbocycles. The summed E-state index contributed by atoms with van der Waals surface area (Å²) in [6.45, 7) is 8.29. The highest BCUT2D eigenvalue weighted by atomic mass is 16.7. The monoisotopic (exact) mass is 291 g/mol. The third kappa shape index (κ3) is 2.38. The molecule has 116 valence electrons. The molecule has 2 heterocycles. The van der Waals surface area contributed by atoms with Crippen LogP contribution in [0, 0.1) is 0 Å². The molecule has 1 saturated heterocycles. The Balaban J connectivity index is 1.90. The fourth-order valence-electron chi connectivity index (χ4n) is 2.74. The Hall–Kier alpha value is -1.01. The lowest BCUT2D eigenvalue weighted by Crippen LogP contribution is -2.41. The van der Waals surface area contributed by atoms with Crippen molar-refractivity contribution in [3.63, 3.8) is 0 Å². The number of hydrogen-bond donors (Lipinski definition) is 0. The van der Waals surface area contributed by atoms with Gasteiger partial charge in [0.1, 0.15) is 0 Å². The fourth-order valence-corrected chi connectivity index (χ4v) is 2.74. The summed E-state index contributed by atoms with van der Waals surface area (Å²) in [6.07, 6.45) is 5.89. The van der Waals surface area contributed by atoms with Crippen molar-refractivity contribution in [2.24, 2.45) is 0 Å². The minimum Gasteiger partial charge on any atom is -0.398 e. The molecule has 0 N–H and O–H groups in total. The number of nitrogens with zero attached hydrogens (tertiary/aromatic N) is 3. The second-order valence-corrected chi connectivity index (χ2v) is 7.44. The van der Waals surface area contributed by atoms with E-state index in [4.69, 9.17) is 14.3 Å². The van der Waals surface area contributed by atoms with Crippen LogP contribution in [0.5, 0.6) is 0 Å². The molecule has 1 aromatic rings. The second-order valence-electron chi connectivity index (χ2n) is 7.44. The number of hydrogen-bond acceptors (Lipinski definition) is 4. The Morgan fingerprint density at radius 2 is 1.76 bits per heavy atom. The van der Waals surface area contributed by atoms with Gasteiger partial charge in [-0.15, -0.1) is 0 Å². The molecule has 3 rings (SSSR count). The highest BCUT2D eigenvalue weighted by molar-refractivity contribution is 6.61. The smallest absolute Gasteiger partial charge is 0.398 e. The van der Waals surface area contributed by atoms with Crippen LogP contribution in [0.2, 0.25) is 0 Å². The Morgan fingerprint density at radius 3 is 2.19 bits per heavy atom. The van der Waals surface area contributed by atoms with Crippen molar-refractivity contribution in [1.82, 2.24) is 9.55 Å². The van der Waals surface area contributed by atoms with Crippen molar-refractivity contribution in [3.8, 4) is 0 Å². The molecule has 5 nitrogen and oxygen atoms in total. The van der Waals surface area contributed by atoms with Crippen LogP contribution in [0.15, 0.2) is 6.20 Å². The summed E-state index contributed by atoms with van der Waals surface area (Å²) in [6, 6.07) is 0.575. The van der Waals surface area contributed by atoms with Gasteiger partial charge in [-0.3, -0.25) is 0 Å². The molecule has 0 unspecified atom stereocenters. The molecule has 6 heteroatoms. The maximum Gasteiger partial charge on any atom is 0.516 e. The maximum atomic E-state index is 6.11. The van der Waals surface area contributed by atoms with E-state index >= 15 is 0 Å². The summed E-state index contributed by atoms with van der Waals surface area (Å²) < 4.78 is 14.5. The van der Waals surface area contributed by atoms with Crippen LogP contribution in [0.4, 0.5) is 5.95 Å². The first-order valence-electron chi connectivity index (χ1n) is 7.83. The molecule has 1 aromatic heterocycles. The molecule has 0 spiro atoms. The summed E-state index contributed by atoms with van der Waals surface area (Å²) in [4.78, 5) is 6.83. The maximum absolute atomic E-state index is 6.11. The highest BCUT2D eigenvalue weighted by Gasteiger charge is 2.53. The van der Waals surface area contributed by atoms with Crippen molar-refractivity contribution in [2.75, 3.05) is 19.0 Å². The van der Waals surface area contributed by atoms with Gasteiger partial charge in [0.15, 0.2) is 0 Å². The van der Waals surface area contributed by atoms with E-state index in [0.29, 0.717) is 6.04 Å². The summed E-state index contributed by atoms with van der Waals surface area (Å²) in [7, 11) is 3.69. The third-order valence-electron chi connectivity index (χ3n) is 5.09. The second kappa shape index (κ2) is 4.75. The van der Waals surface area contributed by atoms with Crippen LogP contribution < -0.4 is 10.5 Å². The first-order valence-corrected chi connectivity index (χ1v) is 7.83. The molecule has 0 radical (unpaired) electrons. The highest BCUT2D eigenvalue weighted by Crippen LogP contribution is 2.37. The van der Waals surface area contributed by atoms with E-state index in [9.17, 15) is 0 Å². The van der Waals surface area contributed by atoms with Crippen molar-refractivity contribution in [2.45, 2.75) is 64.2 Å². The zero-order valence-electron chi connectivity index (χ0n) is 14.0. The average Bonchev–Trinajstić information content (AvgIpc) is 2.77. The van der Waals surface area contributed by atoms with Gasteiger partial charge in [0.2, 0.25) is 5.95 Å². The molecule has 21 heavy (non-hydrogen) atoms. The minimum absolute atomic E-state index is 0.323. The number of rotatable bonds is 3. The third-order valence-corrected chi connectivity index (χ3v) is 5.09. The molecule has 1 aliphatic carbocycles. The first-order chi connectivity index (χ1) is 9.71. The molecule has 0 atom stereocenters. The van der Waals surface area contributed by atoms with E-state index in [1.165, 1.54) is 19.3 Å². The largest absolute Gasteiger partial charge is 0.516 e. The van der Waals surface area contributed by atoms with Crippen LogP contribution in [0.25, 0.3) is 0 Å². The normalized spacial score (nSPS) is 24.2. The Bertz CT molecular complexity index is 519. The molecule has 1 aliphatic heterocycles. The lowest BCUT2D eigenvalue weighted by molar-refractivity contribution is 0.00578. The first kappa shape index (κ1) is 14.9. The van der Waals surface area contributed by atoms with E-state index in [0.717, 1.165) is 11.5 Å². The van der Waals surface area contributed by atoms with Gasteiger partial charge in [-0.1, -0.05) is 0 Å². The van der Waals surface area contributed by atoms with Gasteiger partial charge in [0, 0.05) is 26.3 Å². The molecule has 1 saturated carbocycles. The van der Waals surface area contributed by atoms with E-state index in [-0.39, 0.29) is 18.3 Å². The molecular formula is C15H26BN3O2. The predicted octanol–water partition coefficient (Wildman–Crippen LogP) is 1.97. The standard InChI is InChI=1S/C15H26BN3O2/c1-14(2)15(3,4)21-16(20-14)12-10-19(11-8-7-9-11)13(17-12)18(5)6/h10-11H,7-9H2,1-6H3. The van der Waals surface area contributed by atoms with Gasteiger partial charge < -0.3 is 18.8 Å². The summed E-state index contributed by atoms with van der Waals surface area (Å²) in [5.74, 6) is 0.990. The predicted molar refractivity (Wildman–Crippen MR) is 85.2 cm³/mol.